The van der Waals surface area contributed by atoms with E-state index in [-0.39, 0.29) is 24.2 Å². The van der Waals surface area contributed by atoms with Crippen molar-refractivity contribution in [3.05, 3.63) is 29.6 Å². The predicted molar refractivity (Wildman–Crippen MR) is 79.3 cm³/mol. The monoisotopic (exact) mass is 294 g/mol. The van der Waals surface area contributed by atoms with Gasteiger partial charge in [0.1, 0.15) is 6.61 Å². The van der Waals surface area contributed by atoms with Crippen LogP contribution >= 0.6 is 0 Å². The van der Waals surface area contributed by atoms with Crippen LogP contribution in [0.3, 0.4) is 0 Å². The van der Waals surface area contributed by atoms with Gasteiger partial charge in [0.05, 0.1) is 13.2 Å². The molecule has 4 heteroatoms. The maximum Gasteiger partial charge on any atom is 0.188 e. The van der Waals surface area contributed by atoms with Gasteiger partial charge < -0.3 is 9.47 Å². The number of methoxy groups -OCH3 is 1. The second kappa shape index (κ2) is 6.56. The molecule has 0 aromatic heterocycles. The third kappa shape index (κ3) is 4.27. The van der Waals surface area contributed by atoms with Crippen LogP contribution in [0.2, 0.25) is 0 Å². The number of ketones is 1. The Balaban J connectivity index is 1.86. The lowest BCUT2D eigenvalue weighted by molar-refractivity contribution is 0.00861. The Morgan fingerprint density at radius 3 is 2.57 bits per heavy atom. The predicted octanol–water partition coefficient (Wildman–Crippen LogP) is 4.00. The van der Waals surface area contributed by atoms with Crippen LogP contribution in [0.4, 0.5) is 4.39 Å². The number of hydrogen-bond donors (Lipinski definition) is 0. The smallest absolute Gasteiger partial charge is 0.188 e. The van der Waals surface area contributed by atoms with Crippen molar-refractivity contribution in [2.45, 2.75) is 45.6 Å². The minimum Gasteiger partial charge on any atom is -0.494 e. The van der Waals surface area contributed by atoms with Gasteiger partial charge in [-0.2, -0.15) is 0 Å². The third-order valence-corrected chi connectivity index (χ3v) is 4.21. The highest BCUT2D eigenvalue weighted by Gasteiger charge is 2.27. The topological polar surface area (TPSA) is 35.5 Å². The van der Waals surface area contributed by atoms with Crippen molar-refractivity contribution in [1.29, 1.82) is 0 Å². The molecule has 1 aliphatic rings. The fraction of sp³-hybridized carbons (Fsp3) is 0.588. The first-order chi connectivity index (χ1) is 9.91. The molecule has 0 aliphatic heterocycles. The van der Waals surface area contributed by atoms with Crippen LogP contribution in [-0.4, -0.2) is 25.6 Å². The Morgan fingerprint density at radius 1 is 1.33 bits per heavy atom. The molecule has 2 rings (SSSR count). The van der Waals surface area contributed by atoms with E-state index in [9.17, 15) is 9.18 Å². The van der Waals surface area contributed by atoms with E-state index in [0.29, 0.717) is 11.0 Å². The van der Waals surface area contributed by atoms with E-state index in [1.54, 1.807) is 6.07 Å². The molecular weight excluding hydrogens is 271 g/mol. The molecule has 1 saturated carbocycles. The molecule has 21 heavy (non-hydrogen) atoms. The van der Waals surface area contributed by atoms with Crippen LogP contribution in [-0.2, 0) is 4.74 Å². The number of carbonyl (C=O) groups excluding carboxylic acids is 1. The van der Waals surface area contributed by atoms with E-state index < -0.39 is 5.82 Å². The molecule has 0 unspecified atom stereocenters. The third-order valence-electron chi connectivity index (χ3n) is 4.21. The molecule has 0 bridgehead atoms. The molecule has 0 heterocycles. The standard InChI is InChI=1S/C17H23FO3/c1-17(2)8-6-13(7-9-17)21-11-15(19)12-4-5-16(20-3)14(18)10-12/h4-5,10,13H,6-9,11H2,1-3H3. The van der Waals surface area contributed by atoms with E-state index in [0.717, 1.165) is 25.7 Å². The second-order valence-corrected chi connectivity index (χ2v) is 6.45. The zero-order chi connectivity index (χ0) is 15.5. The van der Waals surface area contributed by atoms with Gasteiger partial charge in [0.15, 0.2) is 17.3 Å². The van der Waals surface area contributed by atoms with Gasteiger partial charge in [0.25, 0.3) is 0 Å². The van der Waals surface area contributed by atoms with Gasteiger partial charge >= 0.3 is 0 Å². The van der Waals surface area contributed by atoms with E-state index in [2.05, 4.69) is 13.8 Å². The van der Waals surface area contributed by atoms with Crippen molar-refractivity contribution >= 4 is 5.78 Å². The van der Waals surface area contributed by atoms with Crippen LogP contribution in [0.25, 0.3) is 0 Å². The summed E-state index contributed by atoms with van der Waals surface area (Å²) in [6, 6.07) is 4.23. The van der Waals surface area contributed by atoms with Crippen molar-refractivity contribution in [3.63, 3.8) is 0 Å². The van der Waals surface area contributed by atoms with Crippen molar-refractivity contribution in [2.75, 3.05) is 13.7 Å². The van der Waals surface area contributed by atoms with Gasteiger partial charge in [-0.15, -0.1) is 0 Å². The van der Waals surface area contributed by atoms with Gasteiger partial charge in [-0.05, 0) is 49.3 Å². The number of rotatable bonds is 5. The SMILES string of the molecule is COc1ccc(C(=O)COC2CCC(C)(C)CC2)cc1F. The highest BCUT2D eigenvalue weighted by atomic mass is 19.1. The fourth-order valence-corrected chi connectivity index (χ4v) is 2.66. The Hall–Kier alpha value is -1.42. The normalized spacial score (nSPS) is 18.5. The van der Waals surface area contributed by atoms with Crippen LogP contribution in [0.15, 0.2) is 18.2 Å². The van der Waals surface area contributed by atoms with Crippen LogP contribution in [0.5, 0.6) is 5.75 Å². The number of carbonyl (C=O) groups is 1. The average molecular weight is 294 g/mol. The van der Waals surface area contributed by atoms with Crippen molar-refractivity contribution in [2.24, 2.45) is 5.41 Å². The first kappa shape index (κ1) is 16.0. The highest BCUT2D eigenvalue weighted by molar-refractivity contribution is 5.97. The molecule has 0 amide bonds. The Kier molecular flexibility index (Phi) is 4.99. The summed E-state index contributed by atoms with van der Waals surface area (Å²) in [6.07, 6.45) is 4.34. The zero-order valence-electron chi connectivity index (χ0n) is 12.9. The minimum absolute atomic E-state index is 0.0108. The largest absolute Gasteiger partial charge is 0.494 e. The van der Waals surface area contributed by atoms with Crippen LogP contribution in [0, 0.1) is 11.2 Å². The number of Topliss-reactive ketones (excluding diaryl/α,β-unsaturated/α-hetero) is 1. The zero-order valence-corrected chi connectivity index (χ0v) is 12.9. The lowest BCUT2D eigenvalue weighted by atomic mass is 9.76. The maximum absolute atomic E-state index is 13.6. The van der Waals surface area contributed by atoms with E-state index in [1.165, 1.54) is 19.2 Å². The molecule has 0 atom stereocenters. The molecule has 3 nitrogen and oxygen atoms in total. The number of ether oxygens (including phenoxy) is 2. The van der Waals surface area contributed by atoms with Gasteiger partial charge in [-0.25, -0.2) is 4.39 Å². The van der Waals surface area contributed by atoms with Gasteiger partial charge in [-0.3, -0.25) is 4.79 Å². The van der Waals surface area contributed by atoms with Crippen LogP contribution < -0.4 is 4.74 Å². The molecule has 1 aliphatic carbocycles. The van der Waals surface area contributed by atoms with Crippen molar-refractivity contribution in [1.82, 2.24) is 0 Å². The quantitative estimate of drug-likeness (QED) is 0.770. The summed E-state index contributed by atoms with van der Waals surface area (Å²) in [5, 5.41) is 0. The minimum atomic E-state index is -0.525. The Labute approximate surface area is 125 Å². The molecule has 1 aromatic rings. The molecule has 0 saturated heterocycles. The highest BCUT2D eigenvalue weighted by Crippen LogP contribution is 2.36. The average Bonchev–Trinajstić information content (AvgIpc) is 2.45. The van der Waals surface area contributed by atoms with Gasteiger partial charge in [0.2, 0.25) is 0 Å². The van der Waals surface area contributed by atoms with Crippen LogP contribution in [0.1, 0.15) is 49.9 Å². The molecule has 0 N–H and O–H groups in total. The Bertz CT molecular complexity index is 501. The molecule has 0 spiro atoms. The maximum atomic E-state index is 13.6. The molecule has 116 valence electrons. The summed E-state index contributed by atoms with van der Waals surface area (Å²) in [6.45, 7) is 4.53. The van der Waals surface area contributed by atoms with Gasteiger partial charge in [0, 0.05) is 5.56 Å². The number of benzene rings is 1. The molecule has 1 fully saturated rings. The summed E-state index contributed by atoms with van der Waals surface area (Å²) in [5.74, 6) is -0.578. The first-order valence-corrected chi connectivity index (χ1v) is 7.40. The summed E-state index contributed by atoms with van der Waals surface area (Å²) in [4.78, 5) is 12.0. The van der Waals surface area contributed by atoms with Crippen molar-refractivity contribution < 1.29 is 18.7 Å². The molecule has 0 radical (unpaired) electrons. The van der Waals surface area contributed by atoms with E-state index in [1.807, 2.05) is 0 Å². The first-order valence-electron chi connectivity index (χ1n) is 7.40. The van der Waals surface area contributed by atoms with E-state index >= 15 is 0 Å². The van der Waals surface area contributed by atoms with E-state index in [4.69, 9.17) is 9.47 Å². The summed E-state index contributed by atoms with van der Waals surface area (Å²) < 4.78 is 24.1. The number of hydrogen-bond acceptors (Lipinski definition) is 3. The summed E-state index contributed by atoms with van der Waals surface area (Å²) in [7, 11) is 1.40. The second-order valence-electron chi connectivity index (χ2n) is 6.45. The summed E-state index contributed by atoms with van der Waals surface area (Å²) >= 11 is 0. The lowest BCUT2D eigenvalue weighted by Gasteiger charge is -2.34. The lowest BCUT2D eigenvalue weighted by Crippen LogP contribution is -2.28. The molecular formula is C17H23FO3. The Morgan fingerprint density at radius 2 is 2.00 bits per heavy atom. The summed E-state index contributed by atoms with van der Waals surface area (Å²) in [5.41, 5.74) is 0.702. The van der Waals surface area contributed by atoms with Crippen molar-refractivity contribution in [3.8, 4) is 5.75 Å². The fourth-order valence-electron chi connectivity index (χ4n) is 2.66. The van der Waals surface area contributed by atoms with Gasteiger partial charge in [-0.1, -0.05) is 13.8 Å². The molecule has 1 aromatic carbocycles. The number of halogens is 1.